The quantitative estimate of drug-likeness (QED) is 0.0261. The Labute approximate surface area is 465 Å². The average Bonchev–Trinajstić information content (AvgIpc) is 3.41. The van der Waals surface area contributed by atoms with E-state index in [0.717, 1.165) is 122 Å². The number of hydrogen-bond acceptors (Lipinski definition) is 6. The van der Waals surface area contributed by atoms with Gasteiger partial charge in [-0.05, 0) is 109 Å². The summed E-state index contributed by atoms with van der Waals surface area (Å²) in [6, 6.07) is 0. The summed E-state index contributed by atoms with van der Waals surface area (Å²) >= 11 is 0. The number of allylic oxidation sites excluding steroid dienone is 14. The molecule has 1 unspecified atom stereocenters. The molecule has 0 bridgehead atoms. The Hall–Kier alpha value is -3.41. The van der Waals surface area contributed by atoms with E-state index < -0.39 is 6.10 Å². The first kappa shape index (κ1) is 71.6. The van der Waals surface area contributed by atoms with Crippen molar-refractivity contribution in [1.29, 1.82) is 0 Å². The summed E-state index contributed by atoms with van der Waals surface area (Å²) in [6.07, 6.45) is 83.2. The molecule has 0 saturated heterocycles. The molecule has 0 rings (SSSR count). The van der Waals surface area contributed by atoms with Crippen molar-refractivity contribution in [2.24, 2.45) is 0 Å². The van der Waals surface area contributed by atoms with Crippen LogP contribution in [0.1, 0.15) is 316 Å². The van der Waals surface area contributed by atoms with Gasteiger partial charge >= 0.3 is 17.9 Å². The maximum absolute atomic E-state index is 12.8. The van der Waals surface area contributed by atoms with Gasteiger partial charge in [0.1, 0.15) is 13.2 Å². The standard InChI is InChI=1S/C69H120O6/c1-4-7-10-13-16-19-22-25-26-27-28-29-30-31-32-33-34-35-36-37-38-39-40-41-42-45-47-50-53-56-59-62-68(71)74-65-66(75-69(72)63-60-57-54-51-48-44-24-21-18-15-12-9-6-3)64-73-67(70)61-58-55-52-49-46-43-23-20-17-14-11-8-5-2/h7,10,12,15-16,19-21,23-26,28-29,66H,4-6,8-9,11,13-14,17-18,22,27,30-65H2,1-3H3/b10-7-,15-12-,19-16-,23-20-,24-21-,26-25-,29-28-. The Bertz CT molecular complexity index is 1430. The summed E-state index contributed by atoms with van der Waals surface area (Å²) in [7, 11) is 0. The number of carbonyl (C=O) groups excluding carboxylic acids is 3. The predicted molar refractivity (Wildman–Crippen MR) is 325 cm³/mol. The maximum atomic E-state index is 12.8. The monoisotopic (exact) mass is 1040 g/mol. The first-order chi connectivity index (χ1) is 37.0. The highest BCUT2D eigenvalue weighted by Crippen LogP contribution is 2.17. The van der Waals surface area contributed by atoms with Crippen LogP contribution < -0.4 is 0 Å². The van der Waals surface area contributed by atoms with Crippen molar-refractivity contribution < 1.29 is 28.6 Å². The average molecular weight is 1050 g/mol. The fourth-order valence-corrected chi connectivity index (χ4v) is 9.06. The van der Waals surface area contributed by atoms with Crippen LogP contribution in [0.15, 0.2) is 85.1 Å². The van der Waals surface area contributed by atoms with E-state index in [0.29, 0.717) is 19.3 Å². The fraction of sp³-hybridized carbons (Fsp3) is 0.754. The summed E-state index contributed by atoms with van der Waals surface area (Å²) in [5.41, 5.74) is 0. The molecule has 0 aliphatic carbocycles. The van der Waals surface area contributed by atoms with E-state index in [1.54, 1.807) is 0 Å². The molecular weight excluding hydrogens is 925 g/mol. The van der Waals surface area contributed by atoms with Crippen LogP contribution in [-0.2, 0) is 28.6 Å². The van der Waals surface area contributed by atoms with Crippen molar-refractivity contribution in [2.75, 3.05) is 13.2 Å². The molecule has 0 fully saturated rings. The minimum absolute atomic E-state index is 0.0818. The zero-order valence-electron chi connectivity index (χ0n) is 49.6. The Kier molecular flexibility index (Phi) is 60.3. The molecule has 0 aliphatic heterocycles. The van der Waals surface area contributed by atoms with E-state index in [-0.39, 0.29) is 31.1 Å². The second-order valence-corrected chi connectivity index (χ2v) is 21.3. The number of ether oxygens (including phenoxy) is 3. The van der Waals surface area contributed by atoms with Gasteiger partial charge in [-0.25, -0.2) is 0 Å². The third-order valence-electron chi connectivity index (χ3n) is 13.8. The van der Waals surface area contributed by atoms with Crippen molar-refractivity contribution in [3.63, 3.8) is 0 Å². The summed E-state index contributed by atoms with van der Waals surface area (Å²) in [5, 5.41) is 0. The van der Waals surface area contributed by atoms with E-state index in [1.807, 2.05) is 0 Å². The maximum Gasteiger partial charge on any atom is 0.306 e. The lowest BCUT2D eigenvalue weighted by Crippen LogP contribution is -2.30. The van der Waals surface area contributed by atoms with Gasteiger partial charge in [0.05, 0.1) is 0 Å². The molecule has 0 spiro atoms. The largest absolute Gasteiger partial charge is 0.462 e. The molecule has 1 atom stereocenters. The van der Waals surface area contributed by atoms with Crippen LogP contribution in [-0.4, -0.2) is 37.2 Å². The van der Waals surface area contributed by atoms with Gasteiger partial charge in [0, 0.05) is 19.3 Å². The first-order valence-electron chi connectivity index (χ1n) is 32.1. The number of esters is 3. The van der Waals surface area contributed by atoms with E-state index in [1.165, 1.54) is 154 Å². The van der Waals surface area contributed by atoms with E-state index in [2.05, 4.69) is 106 Å². The molecular formula is C69H120O6. The Balaban J connectivity index is 4.14. The third-order valence-corrected chi connectivity index (χ3v) is 13.8. The van der Waals surface area contributed by atoms with E-state index >= 15 is 0 Å². The number of rotatable bonds is 58. The van der Waals surface area contributed by atoms with Gasteiger partial charge in [0.25, 0.3) is 0 Å². The molecule has 75 heavy (non-hydrogen) atoms. The molecule has 6 heteroatoms. The van der Waals surface area contributed by atoms with Gasteiger partial charge < -0.3 is 14.2 Å². The molecule has 0 N–H and O–H groups in total. The minimum atomic E-state index is -0.785. The second kappa shape index (κ2) is 63.1. The molecule has 0 radical (unpaired) electrons. The summed E-state index contributed by atoms with van der Waals surface area (Å²) < 4.78 is 16.9. The third kappa shape index (κ3) is 61.3. The van der Waals surface area contributed by atoms with Crippen molar-refractivity contribution in [2.45, 2.75) is 322 Å². The lowest BCUT2D eigenvalue weighted by atomic mass is 10.0. The van der Waals surface area contributed by atoms with Crippen molar-refractivity contribution in [1.82, 2.24) is 0 Å². The normalized spacial score (nSPS) is 12.6. The molecule has 0 aromatic rings. The lowest BCUT2D eigenvalue weighted by molar-refractivity contribution is -0.167. The highest BCUT2D eigenvalue weighted by atomic mass is 16.6. The summed E-state index contributed by atoms with van der Waals surface area (Å²) in [5.74, 6) is -0.894. The number of carbonyl (C=O) groups is 3. The highest BCUT2D eigenvalue weighted by molar-refractivity contribution is 5.71. The molecule has 0 aromatic carbocycles. The van der Waals surface area contributed by atoms with Crippen LogP contribution in [0.2, 0.25) is 0 Å². The zero-order chi connectivity index (χ0) is 54.3. The smallest absolute Gasteiger partial charge is 0.306 e. The van der Waals surface area contributed by atoms with Gasteiger partial charge in [-0.15, -0.1) is 0 Å². The van der Waals surface area contributed by atoms with Gasteiger partial charge in [0.15, 0.2) is 6.10 Å². The minimum Gasteiger partial charge on any atom is -0.462 e. The fourth-order valence-electron chi connectivity index (χ4n) is 9.06. The van der Waals surface area contributed by atoms with Crippen LogP contribution in [0, 0.1) is 0 Å². The zero-order valence-corrected chi connectivity index (χ0v) is 49.6. The van der Waals surface area contributed by atoms with Crippen LogP contribution >= 0.6 is 0 Å². The van der Waals surface area contributed by atoms with Crippen molar-refractivity contribution in [3.8, 4) is 0 Å². The highest BCUT2D eigenvalue weighted by Gasteiger charge is 2.19. The molecule has 0 saturated carbocycles. The molecule has 6 nitrogen and oxygen atoms in total. The Morgan fingerprint density at radius 2 is 0.547 bits per heavy atom. The second-order valence-electron chi connectivity index (χ2n) is 21.3. The van der Waals surface area contributed by atoms with Crippen molar-refractivity contribution >= 4 is 17.9 Å². The van der Waals surface area contributed by atoms with E-state index in [4.69, 9.17) is 14.2 Å². The summed E-state index contributed by atoms with van der Waals surface area (Å²) in [4.78, 5) is 38.2. The van der Waals surface area contributed by atoms with Gasteiger partial charge in [-0.1, -0.05) is 273 Å². The molecule has 432 valence electrons. The number of unbranched alkanes of at least 4 members (excludes halogenated alkanes) is 33. The van der Waals surface area contributed by atoms with Gasteiger partial charge in [0.2, 0.25) is 0 Å². The first-order valence-corrected chi connectivity index (χ1v) is 32.1. The Morgan fingerprint density at radius 1 is 0.280 bits per heavy atom. The predicted octanol–water partition coefficient (Wildman–Crippen LogP) is 21.9. The topological polar surface area (TPSA) is 78.9 Å². The Morgan fingerprint density at radius 3 is 0.880 bits per heavy atom. The molecule has 0 heterocycles. The van der Waals surface area contributed by atoms with Gasteiger partial charge in [-0.3, -0.25) is 14.4 Å². The number of hydrogen-bond donors (Lipinski definition) is 0. The summed E-state index contributed by atoms with van der Waals surface area (Å²) in [6.45, 7) is 6.45. The molecule has 0 aromatic heterocycles. The molecule has 0 amide bonds. The van der Waals surface area contributed by atoms with Gasteiger partial charge in [-0.2, -0.15) is 0 Å². The SMILES string of the molecule is CC/C=C\C/C=C\C/C=C\C/C=C\CCCCCCCCCCCCCCCCCCCCC(=O)OCC(COC(=O)CCCCCCC/C=C\CCCCCC)OC(=O)CCCCCCC/C=C\C/C=C\CCC. The van der Waals surface area contributed by atoms with Crippen LogP contribution in [0.4, 0.5) is 0 Å². The van der Waals surface area contributed by atoms with Crippen LogP contribution in [0.5, 0.6) is 0 Å². The van der Waals surface area contributed by atoms with Crippen molar-refractivity contribution in [3.05, 3.63) is 85.1 Å². The molecule has 0 aliphatic rings. The lowest BCUT2D eigenvalue weighted by Gasteiger charge is -2.18. The van der Waals surface area contributed by atoms with Crippen LogP contribution in [0.3, 0.4) is 0 Å². The van der Waals surface area contributed by atoms with Crippen LogP contribution in [0.25, 0.3) is 0 Å². The van der Waals surface area contributed by atoms with E-state index in [9.17, 15) is 14.4 Å².